The molecule has 0 radical (unpaired) electrons. The van der Waals surface area contributed by atoms with Gasteiger partial charge in [0.05, 0.1) is 5.56 Å². The van der Waals surface area contributed by atoms with Gasteiger partial charge in [0.25, 0.3) is 5.91 Å². The van der Waals surface area contributed by atoms with Crippen molar-refractivity contribution in [2.75, 3.05) is 6.61 Å². The van der Waals surface area contributed by atoms with Gasteiger partial charge in [-0.2, -0.15) is 0 Å². The molecule has 6 nitrogen and oxygen atoms in total. The maximum absolute atomic E-state index is 12.6. The second kappa shape index (κ2) is 10.6. The van der Waals surface area contributed by atoms with Crippen molar-refractivity contribution in [2.24, 2.45) is 0 Å². The van der Waals surface area contributed by atoms with Crippen molar-refractivity contribution in [1.29, 1.82) is 0 Å². The third-order valence-corrected chi connectivity index (χ3v) is 5.93. The second-order valence-corrected chi connectivity index (χ2v) is 8.60. The van der Waals surface area contributed by atoms with Crippen molar-refractivity contribution >= 4 is 29.3 Å². The molecule has 1 heterocycles. The topological polar surface area (TPSA) is 72.9 Å². The zero-order valence-electron chi connectivity index (χ0n) is 18.5. The number of halogens is 1. The monoisotopic (exact) mass is 457 g/mol. The highest BCUT2D eigenvalue weighted by Crippen LogP contribution is 2.23. The fourth-order valence-electron chi connectivity index (χ4n) is 3.98. The normalized spacial score (nSPS) is 19.2. The Morgan fingerprint density at radius 2 is 1.69 bits per heavy atom. The van der Waals surface area contributed by atoms with E-state index < -0.39 is 12.1 Å². The first-order chi connectivity index (χ1) is 15.3. The summed E-state index contributed by atoms with van der Waals surface area (Å²) >= 11 is 5.92. The minimum absolute atomic E-state index is 0.0402. The maximum atomic E-state index is 12.6. The van der Waals surface area contributed by atoms with Crippen LogP contribution in [0.3, 0.4) is 0 Å². The third kappa shape index (κ3) is 5.88. The third-order valence-electron chi connectivity index (χ3n) is 5.70. The highest BCUT2D eigenvalue weighted by atomic mass is 35.5. The standard InChI is InChI=1S/C25H28ClNO5/c1-16-6-4-7-17(2)27(16)23(28)15-31-22-12-10-19(11-13-22)25(30)32-18(3)24(29)20-8-5-9-21(26)14-20/h5,8-14,16-18H,4,6-7,15H2,1-3H3. The average Bonchev–Trinajstić information content (AvgIpc) is 2.77. The van der Waals surface area contributed by atoms with Crippen molar-refractivity contribution in [3.63, 3.8) is 0 Å². The summed E-state index contributed by atoms with van der Waals surface area (Å²) in [6.45, 7) is 5.59. The molecule has 0 aliphatic carbocycles. The molecule has 3 atom stereocenters. The fraction of sp³-hybridized carbons (Fsp3) is 0.400. The van der Waals surface area contributed by atoms with Gasteiger partial charge in [0, 0.05) is 22.7 Å². The van der Waals surface area contributed by atoms with E-state index in [1.165, 1.54) is 13.0 Å². The number of nitrogens with zero attached hydrogens (tertiary/aromatic N) is 1. The van der Waals surface area contributed by atoms with Gasteiger partial charge in [-0.25, -0.2) is 4.79 Å². The van der Waals surface area contributed by atoms with E-state index in [9.17, 15) is 14.4 Å². The highest BCUT2D eigenvalue weighted by Gasteiger charge is 2.29. The fourth-order valence-corrected chi connectivity index (χ4v) is 4.17. The van der Waals surface area contributed by atoms with E-state index in [0.717, 1.165) is 19.3 Å². The number of amides is 1. The molecule has 0 N–H and O–H groups in total. The summed E-state index contributed by atoms with van der Waals surface area (Å²) in [5, 5.41) is 0.438. The van der Waals surface area contributed by atoms with Gasteiger partial charge in [-0.1, -0.05) is 23.7 Å². The number of hydrogen-bond donors (Lipinski definition) is 0. The van der Waals surface area contributed by atoms with Gasteiger partial charge in [0.1, 0.15) is 5.75 Å². The van der Waals surface area contributed by atoms with E-state index in [4.69, 9.17) is 21.1 Å². The van der Waals surface area contributed by atoms with Crippen molar-refractivity contribution in [2.45, 2.75) is 58.2 Å². The van der Waals surface area contributed by atoms with Crippen LogP contribution in [-0.4, -0.2) is 47.4 Å². The number of piperidine rings is 1. The van der Waals surface area contributed by atoms with Crippen LogP contribution in [-0.2, 0) is 9.53 Å². The minimum Gasteiger partial charge on any atom is -0.484 e. The van der Waals surface area contributed by atoms with Crippen molar-refractivity contribution in [1.82, 2.24) is 4.90 Å². The lowest BCUT2D eigenvalue weighted by Gasteiger charge is -2.38. The lowest BCUT2D eigenvalue weighted by molar-refractivity contribution is -0.139. The number of ether oxygens (including phenoxy) is 2. The van der Waals surface area contributed by atoms with Gasteiger partial charge in [-0.05, 0) is 76.4 Å². The summed E-state index contributed by atoms with van der Waals surface area (Å²) in [5.41, 5.74) is 0.663. The number of benzene rings is 2. The van der Waals surface area contributed by atoms with Gasteiger partial charge < -0.3 is 14.4 Å². The number of rotatable bonds is 7. The Labute approximate surface area is 193 Å². The molecular weight excluding hydrogens is 430 g/mol. The Morgan fingerprint density at radius 3 is 2.31 bits per heavy atom. The molecule has 32 heavy (non-hydrogen) atoms. The largest absolute Gasteiger partial charge is 0.484 e. The van der Waals surface area contributed by atoms with E-state index >= 15 is 0 Å². The molecule has 2 aromatic rings. The lowest BCUT2D eigenvalue weighted by Crippen LogP contribution is -2.49. The molecule has 0 spiro atoms. The lowest BCUT2D eigenvalue weighted by atomic mass is 9.97. The number of carbonyl (C=O) groups is 3. The molecule has 0 aromatic heterocycles. The summed E-state index contributed by atoms with van der Waals surface area (Å²) in [4.78, 5) is 39.3. The van der Waals surface area contributed by atoms with Crippen LogP contribution < -0.4 is 4.74 Å². The molecule has 1 aliphatic rings. The first kappa shape index (κ1) is 23.8. The number of ketones is 1. The molecule has 0 saturated carbocycles. The molecule has 1 fully saturated rings. The highest BCUT2D eigenvalue weighted by molar-refractivity contribution is 6.31. The Balaban J connectivity index is 1.54. The van der Waals surface area contributed by atoms with Gasteiger partial charge in [-0.15, -0.1) is 0 Å². The smallest absolute Gasteiger partial charge is 0.338 e. The minimum atomic E-state index is -0.956. The summed E-state index contributed by atoms with van der Waals surface area (Å²) in [6.07, 6.45) is 2.19. The Morgan fingerprint density at radius 1 is 1.03 bits per heavy atom. The van der Waals surface area contributed by atoms with Crippen LogP contribution in [0.15, 0.2) is 48.5 Å². The summed E-state index contributed by atoms with van der Waals surface area (Å²) in [5.74, 6) is -0.510. The van der Waals surface area contributed by atoms with Crippen molar-refractivity contribution in [3.05, 3.63) is 64.7 Å². The zero-order chi connectivity index (χ0) is 23.3. The second-order valence-electron chi connectivity index (χ2n) is 8.17. The average molecular weight is 458 g/mol. The van der Waals surface area contributed by atoms with Gasteiger partial charge in [-0.3, -0.25) is 9.59 Å². The zero-order valence-corrected chi connectivity index (χ0v) is 19.3. The molecule has 1 amide bonds. The SMILES string of the molecule is CC(OC(=O)c1ccc(OCC(=O)N2C(C)CCCC2C)cc1)C(=O)c1cccc(Cl)c1. The van der Waals surface area contributed by atoms with Gasteiger partial charge >= 0.3 is 5.97 Å². The summed E-state index contributed by atoms with van der Waals surface area (Å²) in [7, 11) is 0. The molecule has 2 aromatic carbocycles. The molecular formula is C25H28ClNO5. The molecule has 3 rings (SSSR count). The molecule has 0 bridgehead atoms. The predicted molar refractivity (Wildman–Crippen MR) is 122 cm³/mol. The number of likely N-dealkylation sites (tertiary alicyclic amines) is 1. The number of carbonyl (C=O) groups excluding carboxylic acids is 3. The molecule has 7 heteroatoms. The quantitative estimate of drug-likeness (QED) is 0.435. The predicted octanol–water partition coefficient (Wildman–Crippen LogP) is 4.94. The van der Waals surface area contributed by atoms with E-state index in [-0.39, 0.29) is 35.9 Å². The Hall–Kier alpha value is -2.86. The van der Waals surface area contributed by atoms with E-state index in [1.54, 1.807) is 42.5 Å². The van der Waals surface area contributed by atoms with E-state index in [0.29, 0.717) is 16.3 Å². The van der Waals surface area contributed by atoms with Crippen LogP contribution in [0.25, 0.3) is 0 Å². The van der Waals surface area contributed by atoms with Crippen LogP contribution in [0.4, 0.5) is 0 Å². The first-order valence-corrected chi connectivity index (χ1v) is 11.2. The Kier molecular flexibility index (Phi) is 7.91. The van der Waals surface area contributed by atoms with Crippen LogP contribution >= 0.6 is 11.6 Å². The Bertz CT molecular complexity index is 965. The van der Waals surface area contributed by atoms with Crippen LogP contribution in [0.2, 0.25) is 5.02 Å². The van der Waals surface area contributed by atoms with Gasteiger partial charge in [0.15, 0.2) is 12.7 Å². The maximum Gasteiger partial charge on any atom is 0.338 e. The molecule has 170 valence electrons. The summed E-state index contributed by atoms with van der Waals surface area (Å²) in [6, 6.07) is 13.2. The molecule has 1 aliphatic heterocycles. The van der Waals surface area contributed by atoms with Crippen LogP contribution in [0.1, 0.15) is 60.7 Å². The van der Waals surface area contributed by atoms with Crippen molar-refractivity contribution < 1.29 is 23.9 Å². The number of Topliss-reactive ketones (excluding diaryl/α,β-unsaturated/α-hetero) is 1. The van der Waals surface area contributed by atoms with Gasteiger partial charge in [0.2, 0.25) is 5.78 Å². The first-order valence-electron chi connectivity index (χ1n) is 10.8. The van der Waals surface area contributed by atoms with E-state index in [2.05, 4.69) is 13.8 Å². The number of hydrogen-bond acceptors (Lipinski definition) is 5. The van der Waals surface area contributed by atoms with Crippen LogP contribution in [0.5, 0.6) is 5.75 Å². The summed E-state index contributed by atoms with van der Waals surface area (Å²) < 4.78 is 10.9. The number of esters is 1. The molecule has 1 saturated heterocycles. The van der Waals surface area contributed by atoms with Crippen molar-refractivity contribution in [3.8, 4) is 5.75 Å². The molecule has 3 unspecified atom stereocenters. The van der Waals surface area contributed by atoms with Crippen LogP contribution in [0, 0.1) is 0 Å². The van der Waals surface area contributed by atoms with E-state index in [1.807, 2.05) is 4.90 Å².